The van der Waals surface area contributed by atoms with E-state index in [0.717, 1.165) is 36.7 Å². The summed E-state index contributed by atoms with van der Waals surface area (Å²) in [6, 6.07) is 5.60. The average molecular weight is 318 g/mol. The molecular weight excluding hydrogens is 300 g/mol. The molecule has 2 aliphatic rings. The number of amidine groups is 1. The first-order chi connectivity index (χ1) is 10.7. The maximum absolute atomic E-state index is 12.1. The van der Waals surface area contributed by atoms with Crippen molar-refractivity contribution in [3.05, 3.63) is 28.7 Å². The lowest BCUT2D eigenvalue weighted by Gasteiger charge is -2.14. The molecule has 3 rings (SSSR count). The van der Waals surface area contributed by atoms with E-state index in [9.17, 15) is 4.79 Å². The summed E-state index contributed by atoms with van der Waals surface area (Å²) < 4.78 is 10.7. The van der Waals surface area contributed by atoms with Gasteiger partial charge in [0, 0.05) is 18.7 Å². The second kappa shape index (κ2) is 6.44. The number of aliphatic imine (C=N–C) groups is 1. The Morgan fingerprint density at radius 3 is 2.68 bits per heavy atom. The van der Waals surface area contributed by atoms with E-state index in [1.165, 1.54) is 11.8 Å². The van der Waals surface area contributed by atoms with Gasteiger partial charge in [-0.3, -0.25) is 4.79 Å². The standard InChI is InChI=1S/C16H18N2O3S/c1-20-12-7-5-6-11(14(12)21-2)10-13-15(19)17-16(22-13)18-8-3-4-9-18/h5-7,10H,3-4,8-9H2,1-2H3. The molecule has 1 aromatic carbocycles. The van der Waals surface area contributed by atoms with Crippen molar-refractivity contribution in [3.63, 3.8) is 0 Å². The SMILES string of the molecule is COc1cccc(C=C2SC(N3CCCC3)=NC2=O)c1OC. The molecule has 1 fully saturated rings. The summed E-state index contributed by atoms with van der Waals surface area (Å²) in [5, 5.41) is 0.815. The van der Waals surface area contributed by atoms with Crippen LogP contribution in [0.2, 0.25) is 0 Å². The summed E-state index contributed by atoms with van der Waals surface area (Å²) in [6.07, 6.45) is 4.15. The van der Waals surface area contributed by atoms with Gasteiger partial charge in [0.2, 0.25) is 0 Å². The van der Waals surface area contributed by atoms with Crippen LogP contribution in [0.15, 0.2) is 28.1 Å². The molecule has 0 atom stereocenters. The zero-order valence-corrected chi connectivity index (χ0v) is 13.5. The van der Waals surface area contributed by atoms with E-state index >= 15 is 0 Å². The predicted octanol–water partition coefficient (Wildman–Crippen LogP) is 2.77. The normalized spacial score (nSPS) is 19.7. The quantitative estimate of drug-likeness (QED) is 0.802. The van der Waals surface area contributed by atoms with Crippen LogP contribution in [0.25, 0.3) is 6.08 Å². The highest BCUT2D eigenvalue weighted by molar-refractivity contribution is 8.18. The maximum Gasteiger partial charge on any atom is 0.286 e. The zero-order valence-electron chi connectivity index (χ0n) is 12.7. The summed E-state index contributed by atoms with van der Waals surface area (Å²) in [4.78, 5) is 19.1. The van der Waals surface area contributed by atoms with Crippen molar-refractivity contribution in [2.45, 2.75) is 12.8 Å². The first kappa shape index (κ1) is 15.0. The third kappa shape index (κ3) is 2.83. The van der Waals surface area contributed by atoms with Crippen LogP contribution in [-0.4, -0.2) is 43.3 Å². The summed E-state index contributed by atoms with van der Waals surface area (Å²) in [7, 11) is 3.19. The number of rotatable bonds is 3. The van der Waals surface area contributed by atoms with Crippen molar-refractivity contribution in [2.24, 2.45) is 4.99 Å². The molecule has 6 heteroatoms. The molecular formula is C16H18N2O3S. The number of hydrogen-bond acceptors (Lipinski definition) is 5. The van der Waals surface area contributed by atoms with E-state index in [1.807, 2.05) is 24.3 Å². The molecule has 0 N–H and O–H groups in total. The highest BCUT2D eigenvalue weighted by Crippen LogP contribution is 2.36. The summed E-state index contributed by atoms with van der Waals surface area (Å²) in [5.41, 5.74) is 0.815. The fourth-order valence-corrected chi connectivity index (χ4v) is 3.56. The molecule has 1 aromatic rings. The first-order valence-electron chi connectivity index (χ1n) is 7.21. The van der Waals surface area contributed by atoms with Crippen LogP contribution in [-0.2, 0) is 4.79 Å². The van der Waals surface area contributed by atoms with Crippen molar-refractivity contribution >= 4 is 28.9 Å². The van der Waals surface area contributed by atoms with Crippen molar-refractivity contribution in [2.75, 3.05) is 27.3 Å². The van der Waals surface area contributed by atoms with Gasteiger partial charge in [-0.1, -0.05) is 12.1 Å². The fourth-order valence-electron chi connectivity index (χ4n) is 2.61. The number of carbonyl (C=O) groups is 1. The minimum Gasteiger partial charge on any atom is -0.493 e. The van der Waals surface area contributed by atoms with E-state index in [0.29, 0.717) is 16.4 Å². The van der Waals surface area contributed by atoms with Gasteiger partial charge in [0.15, 0.2) is 16.7 Å². The monoisotopic (exact) mass is 318 g/mol. The number of hydrogen-bond donors (Lipinski definition) is 0. The topological polar surface area (TPSA) is 51.1 Å². The second-order valence-electron chi connectivity index (χ2n) is 5.09. The van der Waals surface area contributed by atoms with Gasteiger partial charge >= 0.3 is 0 Å². The molecule has 0 spiro atoms. The van der Waals surface area contributed by atoms with Crippen molar-refractivity contribution in [3.8, 4) is 11.5 Å². The van der Waals surface area contributed by atoms with E-state index in [1.54, 1.807) is 14.2 Å². The Kier molecular flexibility index (Phi) is 4.38. The Hall–Kier alpha value is -1.95. The molecule has 116 valence electrons. The Bertz CT molecular complexity index is 649. The third-order valence-electron chi connectivity index (χ3n) is 3.71. The molecule has 22 heavy (non-hydrogen) atoms. The number of ether oxygens (including phenoxy) is 2. The lowest BCUT2D eigenvalue weighted by Crippen LogP contribution is -2.23. The fraction of sp³-hybridized carbons (Fsp3) is 0.375. The van der Waals surface area contributed by atoms with Gasteiger partial charge in [0.1, 0.15) is 0 Å². The molecule has 0 unspecified atom stereocenters. The smallest absolute Gasteiger partial charge is 0.286 e. The lowest BCUT2D eigenvalue weighted by molar-refractivity contribution is -0.113. The number of para-hydroxylation sites is 1. The van der Waals surface area contributed by atoms with E-state index in [4.69, 9.17) is 9.47 Å². The van der Waals surface area contributed by atoms with Crippen molar-refractivity contribution < 1.29 is 14.3 Å². The number of likely N-dealkylation sites (tertiary alicyclic amines) is 1. The van der Waals surface area contributed by atoms with Crippen LogP contribution in [0.5, 0.6) is 11.5 Å². The van der Waals surface area contributed by atoms with Gasteiger partial charge in [-0.2, -0.15) is 4.99 Å². The lowest BCUT2D eigenvalue weighted by atomic mass is 10.1. The van der Waals surface area contributed by atoms with Gasteiger partial charge in [-0.15, -0.1) is 0 Å². The number of benzene rings is 1. The molecule has 2 heterocycles. The maximum atomic E-state index is 12.1. The van der Waals surface area contributed by atoms with Crippen LogP contribution in [0.3, 0.4) is 0 Å². The van der Waals surface area contributed by atoms with E-state index in [2.05, 4.69) is 9.89 Å². The number of amides is 1. The van der Waals surface area contributed by atoms with E-state index < -0.39 is 0 Å². The minimum atomic E-state index is -0.184. The molecule has 0 aliphatic carbocycles. The molecule has 0 saturated carbocycles. The largest absolute Gasteiger partial charge is 0.493 e. The highest BCUT2D eigenvalue weighted by atomic mass is 32.2. The summed E-state index contributed by atoms with van der Waals surface area (Å²) in [5.74, 6) is 1.09. The Morgan fingerprint density at radius 1 is 1.23 bits per heavy atom. The van der Waals surface area contributed by atoms with Crippen LogP contribution in [0.4, 0.5) is 0 Å². The number of thioether (sulfide) groups is 1. The Morgan fingerprint density at radius 2 is 2.00 bits per heavy atom. The van der Waals surface area contributed by atoms with Crippen LogP contribution < -0.4 is 9.47 Å². The molecule has 1 saturated heterocycles. The van der Waals surface area contributed by atoms with Crippen molar-refractivity contribution in [1.82, 2.24) is 4.90 Å². The Labute approximate surface area is 134 Å². The molecule has 1 amide bonds. The van der Waals surface area contributed by atoms with Crippen LogP contribution in [0, 0.1) is 0 Å². The number of methoxy groups -OCH3 is 2. The minimum absolute atomic E-state index is 0.184. The molecule has 0 aromatic heterocycles. The molecule has 2 aliphatic heterocycles. The average Bonchev–Trinajstić information content (AvgIpc) is 3.17. The highest BCUT2D eigenvalue weighted by Gasteiger charge is 2.28. The van der Waals surface area contributed by atoms with Gasteiger partial charge in [-0.25, -0.2) is 0 Å². The Balaban J connectivity index is 1.86. The molecule has 0 radical (unpaired) electrons. The predicted molar refractivity (Wildman–Crippen MR) is 88.4 cm³/mol. The van der Waals surface area contributed by atoms with Crippen molar-refractivity contribution in [1.29, 1.82) is 0 Å². The number of nitrogens with zero attached hydrogens (tertiary/aromatic N) is 2. The summed E-state index contributed by atoms with van der Waals surface area (Å²) >= 11 is 1.43. The first-order valence-corrected chi connectivity index (χ1v) is 8.03. The van der Waals surface area contributed by atoms with Gasteiger partial charge in [-0.05, 0) is 36.7 Å². The van der Waals surface area contributed by atoms with Gasteiger partial charge in [0.25, 0.3) is 5.91 Å². The van der Waals surface area contributed by atoms with Gasteiger partial charge < -0.3 is 14.4 Å². The molecule has 0 bridgehead atoms. The third-order valence-corrected chi connectivity index (χ3v) is 4.75. The second-order valence-corrected chi connectivity index (χ2v) is 6.10. The van der Waals surface area contributed by atoms with Crippen LogP contribution >= 0.6 is 11.8 Å². The van der Waals surface area contributed by atoms with Crippen LogP contribution in [0.1, 0.15) is 18.4 Å². The summed E-state index contributed by atoms with van der Waals surface area (Å²) in [6.45, 7) is 1.96. The van der Waals surface area contributed by atoms with E-state index in [-0.39, 0.29) is 5.91 Å². The number of carbonyl (C=O) groups excluding carboxylic acids is 1. The van der Waals surface area contributed by atoms with Gasteiger partial charge in [0.05, 0.1) is 19.1 Å². The zero-order chi connectivity index (χ0) is 15.5. The molecule has 5 nitrogen and oxygen atoms in total.